The van der Waals surface area contributed by atoms with E-state index in [0.29, 0.717) is 0 Å². The summed E-state index contributed by atoms with van der Waals surface area (Å²) >= 11 is 0. The fourth-order valence-corrected chi connectivity index (χ4v) is 1.09. The molecule has 0 fully saturated rings. The van der Waals surface area contributed by atoms with Crippen LogP contribution in [0.3, 0.4) is 0 Å². The summed E-state index contributed by atoms with van der Waals surface area (Å²) in [7, 11) is 0. The molecule has 0 aliphatic heterocycles. The normalized spacial score (nSPS) is 10.1. The van der Waals surface area contributed by atoms with Crippen molar-refractivity contribution in [3.05, 3.63) is 23.0 Å². The first-order valence-corrected chi connectivity index (χ1v) is 4.08. The number of carboxylic acids is 1. The largest absolute Gasteiger partial charge is 0.506 e. The molecule has 1 heterocycles. The van der Waals surface area contributed by atoms with Crippen molar-refractivity contribution < 1.29 is 23.8 Å². The highest BCUT2D eigenvalue weighted by molar-refractivity contribution is 5.70. The summed E-state index contributed by atoms with van der Waals surface area (Å²) in [5.41, 5.74) is -1.68. The van der Waals surface area contributed by atoms with Gasteiger partial charge in [0.2, 0.25) is 0 Å². The monoisotopic (exact) mass is 228 g/mol. The first-order valence-electron chi connectivity index (χ1n) is 4.08. The average molecular weight is 228 g/mol. The van der Waals surface area contributed by atoms with Crippen LogP contribution in [0, 0.1) is 11.3 Å². The third kappa shape index (κ3) is 2.42. The van der Waals surface area contributed by atoms with Crippen LogP contribution >= 0.6 is 0 Å². The van der Waals surface area contributed by atoms with Crippen LogP contribution in [-0.2, 0) is 11.2 Å². The van der Waals surface area contributed by atoms with Gasteiger partial charge in [0.05, 0.1) is 17.7 Å². The number of alkyl halides is 2. The van der Waals surface area contributed by atoms with Gasteiger partial charge in [0.1, 0.15) is 17.5 Å². The molecule has 5 nitrogen and oxygen atoms in total. The fraction of sp³-hybridized carbons (Fsp3) is 0.222. The maximum absolute atomic E-state index is 12.4. The van der Waals surface area contributed by atoms with Crippen molar-refractivity contribution >= 4 is 5.97 Å². The van der Waals surface area contributed by atoms with Crippen LogP contribution in [0.15, 0.2) is 6.07 Å². The van der Waals surface area contributed by atoms with Crippen molar-refractivity contribution in [2.45, 2.75) is 12.8 Å². The third-order valence-corrected chi connectivity index (χ3v) is 1.75. The van der Waals surface area contributed by atoms with Crippen molar-refractivity contribution in [3.63, 3.8) is 0 Å². The Balaban J connectivity index is 3.28. The predicted molar refractivity (Wildman–Crippen MR) is 46.9 cm³/mol. The van der Waals surface area contributed by atoms with Crippen LogP contribution < -0.4 is 0 Å². The van der Waals surface area contributed by atoms with Gasteiger partial charge in [-0.05, 0) is 0 Å². The Labute approximate surface area is 88.6 Å². The lowest BCUT2D eigenvalue weighted by Crippen LogP contribution is -2.06. The zero-order chi connectivity index (χ0) is 12.3. The molecular weight excluding hydrogens is 222 g/mol. The molecule has 0 bridgehead atoms. The molecule has 2 N–H and O–H groups in total. The summed E-state index contributed by atoms with van der Waals surface area (Å²) in [6.45, 7) is 0. The maximum atomic E-state index is 12.4. The highest BCUT2D eigenvalue weighted by atomic mass is 19.3. The number of halogens is 2. The summed E-state index contributed by atoms with van der Waals surface area (Å²) in [5.74, 6) is -1.89. The lowest BCUT2D eigenvalue weighted by Gasteiger charge is -2.06. The summed E-state index contributed by atoms with van der Waals surface area (Å²) in [5, 5.41) is 26.2. The van der Waals surface area contributed by atoms with Crippen LogP contribution in [0.25, 0.3) is 0 Å². The summed E-state index contributed by atoms with van der Waals surface area (Å²) in [6, 6.07) is 2.23. The van der Waals surface area contributed by atoms with Crippen molar-refractivity contribution in [2.24, 2.45) is 0 Å². The molecule has 1 aromatic heterocycles. The smallest absolute Gasteiger partial charge is 0.309 e. The van der Waals surface area contributed by atoms with Gasteiger partial charge in [0, 0.05) is 6.07 Å². The first kappa shape index (κ1) is 11.8. The number of aromatic nitrogens is 1. The van der Waals surface area contributed by atoms with Crippen molar-refractivity contribution in [1.82, 2.24) is 4.98 Å². The second-order valence-corrected chi connectivity index (χ2v) is 2.87. The van der Waals surface area contributed by atoms with Gasteiger partial charge in [0.15, 0.2) is 0 Å². The molecule has 0 saturated heterocycles. The van der Waals surface area contributed by atoms with E-state index in [1.54, 1.807) is 0 Å². The lowest BCUT2D eigenvalue weighted by molar-refractivity contribution is -0.136. The third-order valence-electron chi connectivity index (χ3n) is 1.75. The number of pyridine rings is 1. The molecule has 0 atom stereocenters. The second kappa shape index (κ2) is 4.53. The molecule has 0 aliphatic carbocycles. The standard InChI is InChI=1S/C9H6F2N2O3/c10-9(11)8-4(3-12)1-6(14)5(13-8)2-7(15)16/h1,9,14H,2H2,(H,15,16). The van der Waals surface area contributed by atoms with Gasteiger partial charge in [-0.25, -0.2) is 13.8 Å². The molecule has 0 radical (unpaired) electrons. The molecule has 7 heteroatoms. The second-order valence-electron chi connectivity index (χ2n) is 2.87. The minimum absolute atomic E-state index is 0.387. The predicted octanol–water partition coefficient (Wildman–Crippen LogP) is 1.22. The lowest BCUT2D eigenvalue weighted by atomic mass is 10.1. The van der Waals surface area contributed by atoms with E-state index in [0.717, 1.165) is 6.07 Å². The Morgan fingerprint density at radius 2 is 2.25 bits per heavy atom. The van der Waals surface area contributed by atoms with Gasteiger partial charge < -0.3 is 10.2 Å². The van der Waals surface area contributed by atoms with Crippen molar-refractivity contribution in [2.75, 3.05) is 0 Å². The minimum atomic E-state index is -3.00. The van der Waals surface area contributed by atoms with Gasteiger partial charge >= 0.3 is 5.97 Å². The Kier molecular flexibility index (Phi) is 3.35. The van der Waals surface area contributed by atoms with Crippen LogP contribution in [0.4, 0.5) is 8.78 Å². The highest BCUT2D eigenvalue weighted by Crippen LogP contribution is 2.26. The van der Waals surface area contributed by atoms with Gasteiger partial charge in [-0.2, -0.15) is 5.26 Å². The van der Waals surface area contributed by atoms with E-state index in [9.17, 15) is 18.7 Å². The van der Waals surface area contributed by atoms with Crippen molar-refractivity contribution in [1.29, 1.82) is 5.26 Å². The van der Waals surface area contributed by atoms with E-state index in [4.69, 9.17) is 10.4 Å². The van der Waals surface area contributed by atoms with Crippen LogP contribution in [0.2, 0.25) is 0 Å². The Morgan fingerprint density at radius 1 is 1.62 bits per heavy atom. The molecule has 16 heavy (non-hydrogen) atoms. The zero-order valence-corrected chi connectivity index (χ0v) is 7.81. The number of carboxylic acid groups (broad SMARTS) is 1. The molecule has 0 saturated carbocycles. The molecule has 1 rings (SSSR count). The summed E-state index contributed by atoms with van der Waals surface area (Å²) < 4.78 is 24.8. The van der Waals surface area contributed by atoms with Gasteiger partial charge in [-0.1, -0.05) is 0 Å². The first-order chi connectivity index (χ1) is 7.45. The van der Waals surface area contributed by atoms with Crippen molar-refractivity contribution in [3.8, 4) is 11.8 Å². The van der Waals surface area contributed by atoms with Gasteiger partial charge in [-0.3, -0.25) is 4.79 Å². The van der Waals surface area contributed by atoms with E-state index in [2.05, 4.69) is 4.98 Å². The quantitative estimate of drug-likeness (QED) is 0.811. The van der Waals surface area contributed by atoms with Crippen LogP contribution in [0.5, 0.6) is 5.75 Å². The SMILES string of the molecule is N#Cc1cc(O)c(CC(=O)O)nc1C(F)F. The van der Waals surface area contributed by atoms with Crippen LogP contribution in [-0.4, -0.2) is 21.2 Å². The number of hydrogen-bond acceptors (Lipinski definition) is 4. The number of nitrogens with zero attached hydrogens (tertiary/aromatic N) is 2. The maximum Gasteiger partial charge on any atom is 0.309 e. The Hall–Kier alpha value is -2.23. The molecule has 0 spiro atoms. The molecular formula is C9H6F2N2O3. The summed E-state index contributed by atoms with van der Waals surface area (Å²) in [4.78, 5) is 13.6. The molecule has 0 unspecified atom stereocenters. The molecule has 0 aromatic carbocycles. The van der Waals surface area contributed by atoms with Gasteiger partial charge in [0.25, 0.3) is 6.43 Å². The fourth-order valence-electron chi connectivity index (χ4n) is 1.09. The van der Waals surface area contributed by atoms with Crippen LogP contribution in [0.1, 0.15) is 23.4 Å². The zero-order valence-electron chi connectivity index (χ0n) is 7.81. The summed E-state index contributed by atoms with van der Waals surface area (Å²) in [6.07, 6.45) is -3.68. The number of carbonyl (C=O) groups is 1. The highest BCUT2D eigenvalue weighted by Gasteiger charge is 2.19. The number of rotatable bonds is 3. The number of aliphatic carboxylic acids is 1. The topological polar surface area (TPSA) is 94.2 Å². The Bertz CT molecular complexity index is 469. The van der Waals surface area contributed by atoms with E-state index in [1.165, 1.54) is 6.07 Å². The van der Waals surface area contributed by atoms with E-state index >= 15 is 0 Å². The average Bonchev–Trinajstić information content (AvgIpc) is 2.19. The van der Waals surface area contributed by atoms with E-state index in [-0.39, 0.29) is 5.69 Å². The van der Waals surface area contributed by atoms with Gasteiger partial charge in [-0.15, -0.1) is 0 Å². The molecule has 0 aliphatic rings. The van der Waals surface area contributed by atoms with E-state index in [1.807, 2.05) is 0 Å². The molecule has 0 amide bonds. The minimum Gasteiger partial charge on any atom is -0.506 e. The molecule has 84 valence electrons. The molecule has 1 aromatic rings. The Morgan fingerprint density at radius 3 is 2.69 bits per heavy atom. The number of hydrogen-bond donors (Lipinski definition) is 2. The number of aromatic hydroxyl groups is 1. The number of nitriles is 1. The van der Waals surface area contributed by atoms with E-state index < -0.39 is 35.8 Å².